The molecule has 0 radical (unpaired) electrons. The summed E-state index contributed by atoms with van der Waals surface area (Å²) in [5.41, 5.74) is 0.960. The molecule has 1 saturated carbocycles. The molecule has 0 spiro atoms. The zero-order valence-electron chi connectivity index (χ0n) is 10.0. The van der Waals surface area contributed by atoms with Crippen LogP contribution in [0.5, 0.6) is 0 Å². The number of hydrogen-bond acceptors (Lipinski definition) is 3. The summed E-state index contributed by atoms with van der Waals surface area (Å²) in [7, 11) is 0. The molecule has 0 aromatic heterocycles. The van der Waals surface area contributed by atoms with E-state index in [1.165, 1.54) is 0 Å². The predicted octanol–water partition coefficient (Wildman–Crippen LogP) is 1.99. The van der Waals surface area contributed by atoms with Gasteiger partial charge in [0.05, 0.1) is 6.04 Å². The Bertz CT molecular complexity index is 471. The van der Waals surface area contributed by atoms with Crippen molar-refractivity contribution in [3.8, 4) is 0 Å². The van der Waals surface area contributed by atoms with E-state index in [-0.39, 0.29) is 24.5 Å². The minimum Gasteiger partial charge on any atom is -0.445 e. The number of Topliss-reactive ketones (excluding diaryl/α,β-unsaturated/α-hetero) is 1. The molecule has 2 bridgehead atoms. The number of hydrogen-bond donors (Lipinski definition) is 0. The number of carbonyl (C=O) groups excluding carboxylic acids is 2. The highest BCUT2D eigenvalue weighted by atomic mass is 16.6. The molecule has 4 heteroatoms. The Labute approximate surface area is 106 Å². The molecule has 1 aliphatic carbocycles. The first-order valence-electron chi connectivity index (χ1n) is 6.24. The van der Waals surface area contributed by atoms with E-state index in [4.69, 9.17) is 4.74 Å². The molecule has 1 amide bonds. The third kappa shape index (κ3) is 1.98. The highest BCUT2D eigenvalue weighted by Crippen LogP contribution is 2.35. The number of likely N-dealkylation sites (tertiary alicyclic amines) is 1. The Morgan fingerprint density at radius 1 is 1.33 bits per heavy atom. The second-order valence-corrected chi connectivity index (χ2v) is 4.98. The lowest BCUT2D eigenvalue weighted by Gasteiger charge is -2.25. The Kier molecular flexibility index (Phi) is 2.78. The van der Waals surface area contributed by atoms with E-state index in [1.807, 2.05) is 30.3 Å². The molecule has 4 nitrogen and oxygen atoms in total. The van der Waals surface area contributed by atoms with Crippen LogP contribution in [-0.2, 0) is 16.1 Å². The van der Waals surface area contributed by atoms with E-state index >= 15 is 0 Å². The number of ketones is 1. The van der Waals surface area contributed by atoms with Crippen molar-refractivity contribution in [2.45, 2.75) is 25.5 Å². The summed E-state index contributed by atoms with van der Waals surface area (Å²) in [6.45, 7) is 0.936. The molecule has 1 heterocycles. The summed E-state index contributed by atoms with van der Waals surface area (Å²) in [6, 6.07) is 9.33. The van der Waals surface area contributed by atoms with Crippen molar-refractivity contribution in [2.24, 2.45) is 5.92 Å². The summed E-state index contributed by atoms with van der Waals surface area (Å²) in [5.74, 6) is 0.537. The van der Waals surface area contributed by atoms with E-state index in [2.05, 4.69) is 0 Å². The van der Waals surface area contributed by atoms with Crippen LogP contribution in [-0.4, -0.2) is 29.4 Å². The van der Waals surface area contributed by atoms with Gasteiger partial charge in [0.2, 0.25) is 0 Å². The zero-order chi connectivity index (χ0) is 12.5. The second kappa shape index (κ2) is 4.44. The molecule has 18 heavy (non-hydrogen) atoms. The maximum atomic E-state index is 11.9. The smallest absolute Gasteiger partial charge is 0.410 e. The molecular formula is C14H15NO3. The van der Waals surface area contributed by atoms with Crippen molar-refractivity contribution < 1.29 is 14.3 Å². The van der Waals surface area contributed by atoms with Gasteiger partial charge in [-0.25, -0.2) is 4.79 Å². The van der Waals surface area contributed by atoms with E-state index in [1.54, 1.807) is 4.90 Å². The van der Waals surface area contributed by atoms with Crippen LogP contribution in [0.1, 0.15) is 18.4 Å². The highest BCUT2D eigenvalue weighted by Gasteiger charge is 2.46. The monoisotopic (exact) mass is 245 g/mol. The molecule has 94 valence electrons. The summed E-state index contributed by atoms with van der Waals surface area (Å²) < 4.78 is 5.25. The molecular weight excluding hydrogens is 230 g/mol. The first kappa shape index (κ1) is 11.3. The number of amides is 1. The van der Waals surface area contributed by atoms with Crippen LogP contribution in [0.25, 0.3) is 0 Å². The summed E-state index contributed by atoms with van der Waals surface area (Å²) in [6.07, 6.45) is 1.09. The number of ether oxygens (including phenoxy) is 1. The quantitative estimate of drug-likeness (QED) is 0.800. The molecule has 1 aromatic carbocycles. The average Bonchev–Trinajstić information content (AvgIpc) is 2.96. The van der Waals surface area contributed by atoms with Gasteiger partial charge in [-0.1, -0.05) is 30.3 Å². The van der Waals surface area contributed by atoms with Gasteiger partial charge in [0.15, 0.2) is 5.78 Å². The first-order chi connectivity index (χ1) is 8.74. The molecule has 2 fully saturated rings. The van der Waals surface area contributed by atoms with Gasteiger partial charge < -0.3 is 4.74 Å². The lowest BCUT2D eigenvalue weighted by molar-refractivity contribution is -0.122. The molecule has 1 saturated heterocycles. The highest BCUT2D eigenvalue weighted by molar-refractivity contribution is 5.91. The lowest BCUT2D eigenvalue weighted by atomic mass is 10.1. The normalized spacial score (nSPS) is 25.6. The van der Waals surface area contributed by atoms with Crippen molar-refractivity contribution in [2.75, 3.05) is 6.54 Å². The maximum Gasteiger partial charge on any atom is 0.410 e. The lowest BCUT2D eigenvalue weighted by Crippen LogP contribution is -2.42. The fraction of sp³-hybridized carbons (Fsp3) is 0.429. The van der Waals surface area contributed by atoms with Gasteiger partial charge in [0, 0.05) is 13.0 Å². The summed E-state index contributed by atoms with van der Waals surface area (Å²) in [5, 5.41) is 0. The van der Waals surface area contributed by atoms with Crippen LogP contribution in [0.15, 0.2) is 30.3 Å². The maximum absolute atomic E-state index is 11.9. The van der Waals surface area contributed by atoms with E-state index in [0.717, 1.165) is 12.0 Å². The number of rotatable bonds is 2. The van der Waals surface area contributed by atoms with Gasteiger partial charge in [0.25, 0.3) is 0 Å². The molecule has 2 unspecified atom stereocenters. The van der Waals surface area contributed by atoms with Gasteiger partial charge in [-0.15, -0.1) is 0 Å². The van der Waals surface area contributed by atoms with Gasteiger partial charge in [-0.2, -0.15) is 0 Å². The molecule has 2 aliphatic rings. The van der Waals surface area contributed by atoms with Crippen LogP contribution in [0.4, 0.5) is 4.79 Å². The molecule has 3 rings (SSSR count). The van der Waals surface area contributed by atoms with E-state index < -0.39 is 0 Å². The Morgan fingerprint density at radius 2 is 2.11 bits per heavy atom. The van der Waals surface area contributed by atoms with Gasteiger partial charge >= 0.3 is 6.09 Å². The van der Waals surface area contributed by atoms with E-state index in [0.29, 0.717) is 18.9 Å². The van der Waals surface area contributed by atoms with Gasteiger partial charge in [-0.3, -0.25) is 9.69 Å². The summed E-state index contributed by atoms with van der Waals surface area (Å²) in [4.78, 5) is 25.1. The van der Waals surface area contributed by atoms with Crippen LogP contribution < -0.4 is 0 Å². The zero-order valence-corrected chi connectivity index (χ0v) is 10.0. The third-order valence-electron chi connectivity index (χ3n) is 3.69. The Balaban J connectivity index is 1.58. The standard InChI is InChI=1S/C14H15NO3/c16-13-7-11-6-12(13)15(8-11)14(17)18-9-10-4-2-1-3-5-10/h1-5,11-12H,6-9H2. The fourth-order valence-corrected chi connectivity index (χ4v) is 2.80. The number of carbonyl (C=O) groups is 2. The SMILES string of the molecule is O=C1CC2CC1N(C(=O)OCc1ccccc1)C2. The topological polar surface area (TPSA) is 46.6 Å². The molecule has 1 aromatic rings. The van der Waals surface area contributed by atoms with Crippen molar-refractivity contribution in [1.82, 2.24) is 4.90 Å². The number of benzene rings is 1. The Hall–Kier alpha value is -1.84. The number of nitrogens with zero attached hydrogens (tertiary/aromatic N) is 1. The van der Waals surface area contributed by atoms with Crippen molar-refractivity contribution >= 4 is 11.9 Å². The second-order valence-electron chi connectivity index (χ2n) is 4.98. The third-order valence-corrected chi connectivity index (χ3v) is 3.69. The van der Waals surface area contributed by atoms with Gasteiger partial charge in [0.1, 0.15) is 6.61 Å². The minimum absolute atomic E-state index is 0.183. The molecule has 0 N–H and O–H groups in total. The van der Waals surface area contributed by atoms with E-state index in [9.17, 15) is 9.59 Å². The molecule has 2 atom stereocenters. The largest absolute Gasteiger partial charge is 0.445 e. The van der Waals surface area contributed by atoms with Crippen LogP contribution in [0.3, 0.4) is 0 Å². The van der Waals surface area contributed by atoms with Crippen molar-refractivity contribution in [3.63, 3.8) is 0 Å². The number of piperidine rings is 1. The van der Waals surface area contributed by atoms with Crippen molar-refractivity contribution in [3.05, 3.63) is 35.9 Å². The van der Waals surface area contributed by atoms with Gasteiger partial charge in [-0.05, 0) is 17.9 Å². The predicted molar refractivity (Wildman–Crippen MR) is 64.9 cm³/mol. The number of fused-ring (bicyclic) bond motifs is 2. The Morgan fingerprint density at radius 3 is 2.78 bits per heavy atom. The van der Waals surface area contributed by atoms with Crippen LogP contribution in [0, 0.1) is 5.92 Å². The van der Waals surface area contributed by atoms with Crippen molar-refractivity contribution in [1.29, 1.82) is 0 Å². The average molecular weight is 245 g/mol. The fourth-order valence-electron chi connectivity index (χ4n) is 2.80. The van der Waals surface area contributed by atoms with Crippen LogP contribution >= 0.6 is 0 Å². The summed E-state index contributed by atoms with van der Waals surface area (Å²) >= 11 is 0. The minimum atomic E-state index is -0.362. The molecule has 1 aliphatic heterocycles. The van der Waals surface area contributed by atoms with Crippen LogP contribution in [0.2, 0.25) is 0 Å². The first-order valence-corrected chi connectivity index (χ1v) is 6.24.